The van der Waals surface area contributed by atoms with Gasteiger partial charge in [-0.2, -0.15) is 0 Å². The van der Waals surface area contributed by atoms with Crippen LogP contribution in [0.15, 0.2) is 41.5 Å². The molecule has 3 N–H and O–H groups in total. The van der Waals surface area contributed by atoms with Crippen LogP contribution < -0.4 is 25.3 Å². The third-order valence-corrected chi connectivity index (χ3v) is 3.12. The Morgan fingerprint density at radius 1 is 1.13 bits per heavy atom. The third-order valence-electron chi connectivity index (χ3n) is 3.12. The maximum Gasteiger partial charge on any atom is 0.218 e. The van der Waals surface area contributed by atoms with E-state index in [4.69, 9.17) is 19.9 Å². The van der Waals surface area contributed by atoms with E-state index in [1.807, 2.05) is 18.2 Å². The van der Waals surface area contributed by atoms with Gasteiger partial charge in [-0.1, -0.05) is 6.07 Å². The molecule has 122 valence electrons. The number of benzene rings is 1. The summed E-state index contributed by atoms with van der Waals surface area (Å²) < 4.78 is 15.6. The largest absolute Gasteiger partial charge is 0.493 e. The summed E-state index contributed by atoms with van der Waals surface area (Å²) in [6, 6.07) is 9.11. The van der Waals surface area contributed by atoms with Crippen LogP contribution in [0.1, 0.15) is 5.56 Å². The molecule has 2 aromatic rings. The average Bonchev–Trinajstić information content (AvgIpc) is 2.60. The summed E-state index contributed by atoms with van der Waals surface area (Å²) in [4.78, 5) is 8.41. The van der Waals surface area contributed by atoms with Gasteiger partial charge in [0, 0.05) is 23.5 Å². The van der Waals surface area contributed by atoms with Gasteiger partial charge in [0.05, 0.1) is 27.9 Å². The summed E-state index contributed by atoms with van der Waals surface area (Å²) in [5.41, 5.74) is 7.52. The zero-order chi connectivity index (χ0) is 16.7. The Morgan fingerprint density at radius 3 is 2.61 bits per heavy atom. The summed E-state index contributed by atoms with van der Waals surface area (Å²) in [6.45, 7) is 0.364. The van der Waals surface area contributed by atoms with Gasteiger partial charge in [0.25, 0.3) is 0 Å². The van der Waals surface area contributed by atoms with Crippen LogP contribution in [-0.4, -0.2) is 32.3 Å². The van der Waals surface area contributed by atoms with E-state index in [-0.39, 0.29) is 5.96 Å². The lowest BCUT2D eigenvalue weighted by molar-refractivity contribution is 0.355. The maximum absolute atomic E-state index is 5.91. The van der Waals surface area contributed by atoms with Crippen LogP contribution in [0.5, 0.6) is 17.4 Å². The molecule has 7 heteroatoms. The van der Waals surface area contributed by atoms with E-state index in [0.29, 0.717) is 23.9 Å². The monoisotopic (exact) mass is 316 g/mol. The minimum atomic E-state index is 0.281. The second-order valence-electron chi connectivity index (χ2n) is 4.57. The van der Waals surface area contributed by atoms with Gasteiger partial charge < -0.3 is 25.3 Å². The van der Waals surface area contributed by atoms with Crippen molar-refractivity contribution in [1.82, 2.24) is 4.98 Å². The van der Waals surface area contributed by atoms with E-state index in [9.17, 15) is 0 Å². The Morgan fingerprint density at radius 2 is 1.91 bits per heavy atom. The standard InChI is InChI=1S/C16H20N4O3/c1-21-13-7-6-12(9-14(13)22-2)20-16(17)19-10-11-5-4-8-18-15(11)23-3/h4-9H,10H2,1-3H3,(H3,17,19,20). The van der Waals surface area contributed by atoms with Crippen molar-refractivity contribution < 1.29 is 14.2 Å². The fourth-order valence-electron chi connectivity index (χ4n) is 2.00. The number of nitrogens with one attached hydrogen (secondary N) is 1. The van der Waals surface area contributed by atoms with Crippen molar-refractivity contribution in [2.45, 2.75) is 6.54 Å². The normalized spacial score (nSPS) is 11.0. The number of aromatic nitrogens is 1. The number of nitrogens with two attached hydrogens (primary N) is 1. The number of hydrogen-bond acceptors (Lipinski definition) is 5. The lowest BCUT2D eigenvalue weighted by Crippen LogP contribution is -2.22. The first-order valence-electron chi connectivity index (χ1n) is 6.94. The van der Waals surface area contributed by atoms with Gasteiger partial charge in [-0.15, -0.1) is 0 Å². The highest BCUT2D eigenvalue weighted by Gasteiger charge is 2.06. The molecule has 0 aliphatic carbocycles. The highest BCUT2D eigenvalue weighted by atomic mass is 16.5. The number of ether oxygens (including phenoxy) is 3. The molecule has 1 aromatic heterocycles. The van der Waals surface area contributed by atoms with E-state index in [1.54, 1.807) is 39.7 Å². The smallest absolute Gasteiger partial charge is 0.218 e. The zero-order valence-corrected chi connectivity index (χ0v) is 13.4. The molecule has 0 aliphatic rings. The van der Waals surface area contributed by atoms with Crippen molar-refractivity contribution in [2.24, 2.45) is 10.7 Å². The van der Waals surface area contributed by atoms with Crippen LogP contribution in [0.25, 0.3) is 0 Å². The summed E-state index contributed by atoms with van der Waals surface area (Å²) >= 11 is 0. The first kappa shape index (κ1) is 16.4. The molecule has 2 rings (SSSR count). The number of guanidine groups is 1. The summed E-state index contributed by atoms with van der Waals surface area (Å²) in [5, 5.41) is 3.01. The van der Waals surface area contributed by atoms with Crippen LogP contribution in [0.3, 0.4) is 0 Å². The van der Waals surface area contributed by atoms with Crippen molar-refractivity contribution in [2.75, 3.05) is 26.6 Å². The Balaban J connectivity index is 2.08. The molecule has 0 amide bonds. The molecule has 0 fully saturated rings. The number of methoxy groups -OCH3 is 3. The lowest BCUT2D eigenvalue weighted by Gasteiger charge is -2.11. The van der Waals surface area contributed by atoms with E-state index in [0.717, 1.165) is 11.3 Å². The highest BCUT2D eigenvalue weighted by molar-refractivity contribution is 5.92. The maximum atomic E-state index is 5.91. The number of nitrogens with zero attached hydrogens (tertiary/aromatic N) is 2. The van der Waals surface area contributed by atoms with Gasteiger partial charge >= 0.3 is 0 Å². The molecule has 0 unspecified atom stereocenters. The Labute approximate surface area is 135 Å². The minimum absolute atomic E-state index is 0.281. The summed E-state index contributed by atoms with van der Waals surface area (Å²) in [7, 11) is 4.73. The number of anilines is 1. The SMILES string of the molecule is COc1ccc(NC(N)=NCc2cccnc2OC)cc1OC. The molecule has 0 aliphatic heterocycles. The van der Waals surface area contributed by atoms with Crippen molar-refractivity contribution >= 4 is 11.6 Å². The lowest BCUT2D eigenvalue weighted by atomic mass is 10.2. The molecule has 23 heavy (non-hydrogen) atoms. The minimum Gasteiger partial charge on any atom is -0.493 e. The van der Waals surface area contributed by atoms with Gasteiger partial charge in [-0.25, -0.2) is 9.98 Å². The van der Waals surface area contributed by atoms with Crippen LogP contribution in [0, 0.1) is 0 Å². The molecule has 1 aromatic carbocycles. The fraction of sp³-hybridized carbons (Fsp3) is 0.250. The molecular formula is C16H20N4O3. The molecule has 7 nitrogen and oxygen atoms in total. The number of rotatable bonds is 6. The van der Waals surface area contributed by atoms with Crippen LogP contribution >= 0.6 is 0 Å². The summed E-state index contributed by atoms with van der Waals surface area (Å²) in [6.07, 6.45) is 1.66. The van der Waals surface area contributed by atoms with Gasteiger partial charge in [-0.05, 0) is 18.2 Å². The number of hydrogen-bond donors (Lipinski definition) is 2. The second kappa shape index (κ2) is 7.88. The highest BCUT2D eigenvalue weighted by Crippen LogP contribution is 2.29. The Kier molecular flexibility index (Phi) is 5.62. The molecule has 0 spiro atoms. The topological polar surface area (TPSA) is 91.0 Å². The number of aliphatic imine (C=N–C) groups is 1. The number of pyridine rings is 1. The van der Waals surface area contributed by atoms with E-state index >= 15 is 0 Å². The van der Waals surface area contributed by atoms with E-state index < -0.39 is 0 Å². The predicted octanol–water partition coefficient (Wildman–Crippen LogP) is 2.03. The second-order valence-corrected chi connectivity index (χ2v) is 4.57. The van der Waals surface area contributed by atoms with E-state index in [1.165, 1.54) is 0 Å². The Hall–Kier alpha value is -2.96. The first-order valence-corrected chi connectivity index (χ1v) is 6.94. The Bertz CT molecular complexity index is 689. The fourth-order valence-corrected chi connectivity index (χ4v) is 2.00. The summed E-state index contributed by atoms with van der Waals surface area (Å²) in [5.74, 6) is 2.08. The van der Waals surface area contributed by atoms with Crippen molar-refractivity contribution in [1.29, 1.82) is 0 Å². The quantitative estimate of drug-likeness (QED) is 0.626. The average molecular weight is 316 g/mol. The molecule has 0 saturated heterocycles. The van der Waals surface area contributed by atoms with Crippen LogP contribution in [0.4, 0.5) is 5.69 Å². The van der Waals surface area contributed by atoms with Crippen molar-refractivity contribution in [3.63, 3.8) is 0 Å². The molecule has 0 saturated carbocycles. The predicted molar refractivity (Wildman–Crippen MR) is 89.3 cm³/mol. The van der Waals surface area contributed by atoms with E-state index in [2.05, 4.69) is 15.3 Å². The molecule has 0 atom stereocenters. The van der Waals surface area contributed by atoms with Gasteiger partial charge in [0.2, 0.25) is 5.88 Å². The molecular weight excluding hydrogens is 296 g/mol. The van der Waals surface area contributed by atoms with Crippen molar-refractivity contribution in [3.05, 3.63) is 42.1 Å². The van der Waals surface area contributed by atoms with Gasteiger partial charge in [0.1, 0.15) is 0 Å². The molecule has 0 bridgehead atoms. The van der Waals surface area contributed by atoms with Crippen LogP contribution in [0.2, 0.25) is 0 Å². The third kappa shape index (κ3) is 4.26. The first-order chi connectivity index (χ1) is 11.2. The zero-order valence-electron chi connectivity index (χ0n) is 13.4. The molecule has 0 radical (unpaired) electrons. The van der Waals surface area contributed by atoms with Crippen molar-refractivity contribution in [3.8, 4) is 17.4 Å². The van der Waals surface area contributed by atoms with Crippen LogP contribution in [-0.2, 0) is 6.54 Å². The van der Waals surface area contributed by atoms with Gasteiger partial charge in [0.15, 0.2) is 17.5 Å². The molecule has 1 heterocycles. The van der Waals surface area contributed by atoms with Gasteiger partial charge in [-0.3, -0.25) is 0 Å².